The van der Waals surface area contributed by atoms with E-state index in [4.69, 9.17) is 0 Å². The largest absolute Gasteiger partial charge is 0.336 e. The number of hydrogen-bond acceptors (Lipinski definition) is 6. The van der Waals surface area contributed by atoms with Gasteiger partial charge in [-0.15, -0.1) is 0 Å². The van der Waals surface area contributed by atoms with E-state index in [1.54, 1.807) is 0 Å². The zero-order valence-corrected chi connectivity index (χ0v) is 20.0. The summed E-state index contributed by atoms with van der Waals surface area (Å²) in [6.45, 7) is 1.60. The predicted octanol–water partition coefficient (Wildman–Crippen LogP) is 5.12. The number of fused-ring (bicyclic) bond motifs is 1. The van der Waals surface area contributed by atoms with E-state index in [9.17, 15) is 4.79 Å². The number of halogens is 1. The highest BCUT2D eigenvalue weighted by molar-refractivity contribution is 9.10. The number of nitrogens with one attached hydrogen (secondary N) is 2. The van der Waals surface area contributed by atoms with E-state index in [0.717, 1.165) is 35.2 Å². The Kier molecular flexibility index (Phi) is 6.49. The van der Waals surface area contributed by atoms with Crippen molar-refractivity contribution in [2.75, 3.05) is 22.1 Å². The maximum Gasteiger partial charge on any atom is 0.232 e. The van der Waals surface area contributed by atoms with Gasteiger partial charge in [-0.1, -0.05) is 58.4 Å². The molecule has 3 aromatic carbocycles. The number of benzene rings is 3. The van der Waals surface area contributed by atoms with Crippen LogP contribution in [0.4, 0.5) is 23.3 Å². The number of carbonyl (C=O) groups excluding carboxylic acids is 1. The molecule has 0 atom stereocenters. The molecule has 0 fully saturated rings. The molecular weight excluding hydrogens is 492 g/mol. The van der Waals surface area contributed by atoms with Crippen LogP contribution in [0.2, 0.25) is 0 Å². The van der Waals surface area contributed by atoms with Crippen molar-refractivity contribution < 1.29 is 4.79 Å². The number of hydrogen-bond donors (Lipinski definition) is 2. The summed E-state index contributed by atoms with van der Waals surface area (Å²) in [5.74, 6) is 1.03. The number of carbonyl (C=O) groups is 1. The zero-order valence-electron chi connectivity index (χ0n) is 18.4. The minimum atomic E-state index is -0.0665. The molecule has 34 heavy (non-hydrogen) atoms. The number of nitrogens with zero attached hydrogens (tertiary/aromatic N) is 4. The van der Waals surface area contributed by atoms with Crippen LogP contribution in [-0.4, -0.2) is 27.4 Å². The Hall–Kier alpha value is -3.78. The van der Waals surface area contributed by atoms with E-state index >= 15 is 0 Å². The van der Waals surface area contributed by atoms with Gasteiger partial charge in [-0.05, 0) is 53.4 Å². The smallest absolute Gasteiger partial charge is 0.232 e. The van der Waals surface area contributed by atoms with E-state index in [1.807, 2.05) is 54.6 Å². The average molecular weight is 515 g/mol. The number of amides is 1. The number of rotatable bonds is 6. The van der Waals surface area contributed by atoms with Crippen molar-refractivity contribution >= 4 is 45.1 Å². The van der Waals surface area contributed by atoms with Crippen molar-refractivity contribution in [3.05, 3.63) is 100 Å². The van der Waals surface area contributed by atoms with Crippen LogP contribution in [0.1, 0.15) is 16.7 Å². The van der Waals surface area contributed by atoms with Crippen molar-refractivity contribution in [1.82, 2.24) is 15.0 Å². The molecule has 1 aliphatic rings. The van der Waals surface area contributed by atoms with E-state index in [2.05, 4.69) is 64.6 Å². The summed E-state index contributed by atoms with van der Waals surface area (Å²) >= 11 is 3.55. The molecular formula is C26H23BrN6O. The van der Waals surface area contributed by atoms with Gasteiger partial charge in [0.25, 0.3) is 0 Å². The summed E-state index contributed by atoms with van der Waals surface area (Å²) in [7, 11) is 0. The highest BCUT2D eigenvalue weighted by atomic mass is 79.9. The van der Waals surface area contributed by atoms with Gasteiger partial charge in [0.2, 0.25) is 17.8 Å². The first-order chi connectivity index (χ1) is 16.6. The highest BCUT2D eigenvalue weighted by Gasteiger charge is 2.19. The van der Waals surface area contributed by atoms with E-state index in [0.29, 0.717) is 24.0 Å². The van der Waals surface area contributed by atoms with Crippen LogP contribution in [0.3, 0.4) is 0 Å². The Bertz CT molecular complexity index is 1310. The predicted molar refractivity (Wildman–Crippen MR) is 137 cm³/mol. The van der Waals surface area contributed by atoms with Gasteiger partial charge in [0.05, 0.1) is 6.42 Å². The summed E-state index contributed by atoms with van der Waals surface area (Å²) in [5.41, 5.74) is 5.09. The van der Waals surface area contributed by atoms with Gasteiger partial charge in [-0.3, -0.25) is 4.79 Å². The fourth-order valence-electron chi connectivity index (χ4n) is 3.98. The summed E-state index contributed by atoms with van der Waals surface area (Å²) < 4.78 is 1.10. The molecule has 0 radical (unpaired) electrons. The third-order valence-electron chi connectivity index (χ3n) is 5.63. The lowest BCUT2D eigenvalue weighted by Crippen LogP contribution is -2.32. The molecule has 4 aromatic rings. The van der Waals surface area contributed by atoms with Crippen LogP contribution < -0.4 is 15.5 Å². The summed E-state index contributed by atoms with van der Waals surface area (Å²) in [6, 6.07) is 23.6. The summed E-state index contributed by atoms with van der Waals surface area (Å²) in [4.78, 5) is 27.9. The fraction of sp³-hybridized carbons (Fsp3) is 0.154. The first kappa shape index (κ1) is 22.0. The normalized spacial score (nSPS) is 12.7. The minimum Gasteiger partial charge on any atom is -0.336 e. The Morgan fingerprint density at radius 2 is 1.79 bits per heavy atom. The molecule has 0 aliphatic carbocycles. The maximum atomic E-state index is 12.4. The first-order valence-electron chi connectivity index (χ1n) is 11.0. The Morgan fingerprint density at radius 3 is 2.68 bits per heavy atom. The standard InChI is InChI=1S/C26H23BrN6O/c27-21-10-9-20-16-33(12-11-19(20)14-21)26-29-17-28-25(32-26)31-23-8-4-7-22(15-23)30-24(34)13-18-5-2-1-3-6-18/h1-10,14-15,17H,11-13,16H2,(H,30,34)(H,28,29,31,32). The zero-order chi connectivity index (χ0) is 23.3. The van der Waals surface area contributed by atoms with Gasteiger partial charge < -0.3 is 15.5 Å². The molecule has 0 saturated carbocycles. The fourth-order valence-corrected chi connectivity index (χ4v) is 4.39. The second-order valence-electron chi connectivity index (χ2n) is 8.11. The topological polar surface area (TPSA) is 83.0 Å². The molecule has 8 heteroatoms. The van der Waals surface area contributed by atoms with Gasteiger partial charge in [0, 0.05) is 28.9 Å². The van der Waals surface area contributed by atoms with Gasteiger partial charge in [-0.25, -0.2) is 9.97 Å². The van der Waals surface area contributed by atoms with E-state index in [-0.39, 0.29) is 5.91 Å². The lowest BCUT2D eigenvalue weighted by Gasteiger charge is -2.29. The Balaban J connectivity index is 1.25. The first-order valence-corrected chi connectivity index (χ1v) is 11.8. The van der Waals surface area contributed by atoms with Gasteiger partial charge in [0.15, 0.2) is 0 Å². The molecule has 1 aliphatic heterocycles. The lowest BCUT2D eigenvalue weighted by atomic mass is 10.0. The lowest BCUT2D eigenvalue weighted by molar-refractivity contribution is -0.115. The van der Waals surface area contributed by atoms with E-state index < -0.39 is 0 Å². The molecule has 2 N–H and O–H groups in total. The number of anilines is 4. The monoisotopic (exact) mass is 514 g/mol. The van der Waals surface area contributed by atoms with Crippen LogP contribution in [0.5, 0.6) is 0 Å². The van der Waals surface area contributed by atoms with Gasteiger partial charge in [0.1, 0.15) is 6.33 Å². The van der Waals surface area contributed by atoms with Crippen molar-refractivity contribution in [2.45, 2.75) is 19.4 Å². The highest BCUT2D eigenvalue weighted by Crippen LogP contribution is 2.26. The van der Waals surface area contributed by atoms with Crippen LogP contribution >= 0.6 is 15.9 Å². The minimum absolute atomic E-state index is 0.0665. The SMILES string of the molecule is O=C(Cc1ccccc1)Nc1cccc(Nc2ncnc(N3CCc4cc(Br)ccc4C3)n2)c1. The van der Waals surface area contributed by atoms with Crippen molar-refractivity contribution in [3.8, 4) is 0 Å². The number of aromatic nitrogens is 3. The molecule has 0 unspecified atom stereocenters. The Morgan fingerprint density at radius 1 is 0.941 bits per heavy atom. The maximum absolute atomic E-state index is 12.4. The van der Waals surface area contributed by atoms with Crippen LogP contribution in [0.15, 0.2) is 83.6 Å². The molecule has 1 aromatic heterocycles. The van der Waals surface area contributed by atoms with Crippen LogP contribution in [-0.2, 0) is 24.2 Å². The summed E-state index contributed by atoms with van der Waals surface area (Å²) in [6.07, 6.45) is 2.78. The second kappa shape index (κ2) is 10.0. The van der Waals surface area contributed by atoms with Crippen LogP contribution in [0.25, 0.3) is 0 Å². The van der Waals surface area contributed by atoms with Crippen LogP contribution in [0, 0.1) is 0 Å². The van der Waals surface area contributed by atoms with Crippen molar-refractivity contribution in [1.29, 1.82) is 0 Å². The molecule has 5 rings (SSSR count). The molecule has 170 valence electrons. The molecule has 0 spiro atoms. The summed E-state index contributed by atoms with van der Waals surface area (Å²) in [5, 5.41) is 6.18. The molecule has 0 bridgehead atoms. The van der Waals surface area contributed by atoms with Crippen molar-refractivity contribution in [2.24, 2.45) is 0 Å². The molecule has 0 saturated heterocycles. The third kappa shape index (κ3) is 5.40. The average Bonchev–Trinajstić information content (AvgIpc) is 2.84. The molecule has 7 nitrogen and oxygen atoms in total. The third-order valence-corrected chi connectivity index (χ3v) is 6.13. The van der Waals surface area contributed by atoms with E-state index in [1.165, 1.54) is 17.5 Å². The second-order valence-corrected chi connectivity index (χ2v) is 9.03. The molecule has 2 heterocycles. The van der Waals surface area contributed by atoms with Crippen molar-refractivity contribution in [3.63, 3.8) is 0 Å². The van der Waals surface area contributed by atoms with Gasteiger partial charge in [-0.2, -0.15) is 4.98 Å². The van der Waals surface area contributed by atoms with Gasteiger partial charge >= 0.3 is 0 Å². The Labute approximate surface area is 206 Å². The quantitative estimate of drug-likeness (QED) is 0.371. The molecule has 1 amide bonds.